The Bertz CT molecular complexity index is 1170. The van der Waals surface area contributed by atoms with Crippen LogP contribution < -0.4 is 0 Å². The van der Waals surface area contributed by atoms with Crippen LogP contribution in [-0.2, 0) is 11.8 Å². The molecule has 0 aliphatic carbocycles. The van der Waals surface area contributed by atoms with Crippen molar-refractivity contribution in [1.82, 2.24) is 0 Å². The average molecular weight is 679 g/mol. The molecular formula is C49H90. The summed E-state index contributed by atoms with van der Waals surface area (Å²) in [5.74, 6) is 2.48. The van der Waals surface area contributed by atoms with Gasteiger partial charge in [0.1, 0.15) is 0 Å². The summed E-state index contributed by atoms with van der Waals surface area (Å²) in [4.78, 5) is 0. The van der Waals surface area contributed by atoms with Gasteiger partial charge in [-0.3, -0.25) is 0 Å². The third kappa shape index (κ3) is 25.3. The van der Waals surface area contributed by atoms with Crippen LogP contribution in [0, 0.1) is 56.3 Å². The second-order valence-electron chi connectivity index (χ2n) is 17.1. The van der Waals surface area contributed by atoms with Gasteiger partial charge in [0, 0.05) is 5.41 Å². The van der Waals surface area contributed by atoms with Crippen LogP contribution >= 0.6 is 0 Å². The molecule has 0 aromatic heterocycles. The summed E-state index contributed by atoms with van der Waals surface area (Å²) in [5, 5.41) is 0. The van der Waals surface area contributed by atoms with Gasteiger partial charge in [0.25, 0.3) is 0 Å². The van der Waals surface area contributed by atoms with Gasteiger partial charge in [0.15, 0.2) is 0 Å². The van der Waals surface area contributed by atoms with Gasteiger partial charge >= 0.3 is 0 Å². The molecule has 0 bridgehead atoms. The highest BCUT2D eigenvalue weighted by Crippen LogP contribution is 2.33. The number of rotatable bonds is 4. The Morgan fingerprint density at radius 1 is 0.510 bits per heavy atom. The summed E-state index contributed by atoms with van der Waals surface area (Å²) in [5.41, 5.74) is 10.7. The monoisotopic (exact) mass is 679 g/mol. The maximum absolute atomic E-state index is 2.33. The number of aryl methyl sites for hydroxylation is 5. The van der Waals surface area contributed by atoms with Crippen LogP contribution in [-0.4, -0.2) is 0 Å². The van der Waals surface area contributed by atoms with E-state index in [1.807, 2.05) is 6.07 Å². The SMILES string of the molecule is C.C.C.CC(C)C.CC(C)C(C)(C)C.CCC(C)C(C)(C)C.CCc1ccccc1.Cc1cc(C)cc(C(C)(C)c2ccc(C)c(C)c2)c1. The molecule has 0 heteroatoms. The number of hydrogen-bond donors (Lipinski definition) is 0. The first-order valence-electron chi connectivity index (χ1n) is 18.1. The molecule has 0 spiro atoms. The lowest BCUT2D eigenvalue weighted by Gasteiger charge is -2.27. The Morgan fingerprint density at radius 2 is 0.918 bits per heavy atom. The molecule has 0 amide bonds. The topological polar surface area (TPSA) is 0 Å². The van der Waals surface area contributed by atoms with E-state index in [4.69, 9.17) is 0 Å². The summed E-state index contributed by atoms with van der Waals surface area (Å²) in [6, 6.07) is 24.1. The molecular weight excluding hydrogens is 589 g/mol. The van der Waals surface area contributed by atoms with Gasteiger partial charge in [-0.1, -0.05) is 217 Å². The molecule has 0 N–H and O–H groups in total. The van der Waals surface area contributed by atoms with Crippen LogP contribution in [0.15, 0.2) is 66.7 Å². The molecule has 0 saturated carbocycles. The van der Waals surface area contributed by atoms with E-state index in [2.05, 4.69) is 199 Å². The van der Waals surface area contributed by atoms with Crippen molar-refractivity contribution in [3.8, 4) is 0 Å². The van der Waals surface area contributed by atoms with Crippen molar-refractivity contribution in [3.05, 3.63) is 106 Å². The molecule has 0 saturated heterocycles. The van der Waals surface area contributed by atoms with Crippen molar-refractivity contribution >= 4 is 0 Å². The van der Waals surface area contributed by atoms with E-state index in [9.17, 15) is 0 Å². The first kappa shape index (κ1) is 56.1. The van der Waals surface area contributed by atoms with Crippen molar-refractivity contribution in [1.29, 1.82) is 0 Å². The summed E-state index contributed by atoms with van der Waals surface area (Å²) < 4.78 is 0. The second-order valence-corrected chi connectivity index (χ2v) is 17.1. The zero-order valence-electron chi connectivity index (χ0n) is 34.5. The number of benzene rings is 3. The van der Waals surface area contributed by atoms with Crippen molar-refractivity contribution < 1.29 is 0 Å². The molecule has 0 radical (unpaired) electrons. The van der Waals surface area contributed by atoms with Crippen molar-refractivity contribution in [2.75, 3.05) is 0 Å². The van der Waals surface area contributed by atoms with Gasteiger partial charge in [-0.15, -0.1) is 0 Å². The molecule has 49 heavy (non-hydrogen) atoms. The summed E-state index contributed by atoms with van der Waals surface area (Å²) in [6.45, 7) is 44.7. The number of hydrogen-bond acceptors (Lipinski definition) is 0. The molecule has 286 valence electrons. The first-order chi connectivity index (χ1) is 20.9. The summed E-state index contributed by atoms with van der Waals surface area (Å²) >= 11 is 0. The Balaban J connectivity index is -0.000000182. The average Bonchev–Trinajstić information content (AvgIpc) is 2.93. The summed E-state index contributed by atoms with van der Waals surface area (Å²) in [6.07, 6.45) is 2.43. The molecule has 0 nitrogen and oxygen atoms in total. The molecule has 0 aliphatic rings. The van der Waals surface area contributed by atoms with Crippen LogP contribution in [0.25, 0.3) is 0 Å². The van der Waals surface area contributed by atoms with Crippen molar-refractivity contribution in [2.24, 2.45) is 28.6 Å². The minimum absolute atomic E-state index is 0. The predicted octanol–water partition coefficient (Wildman–Crippen LogP) is 16.8. The lowest BCUT2D eigenvalue weighted by Crippen LogP contribution is -2.19. The Hall–Kier alpha value is -2.34. The lowest BCUT2D eigenvalue weighted by molar-refractivity contribution is 0.254. The van der Waals surface area contributed by atoms with E-state index in [0.29, 0.717) is 10.8 Å². The molecule has 3 aromatic rings. The van der Waals surface area contributed by atoms with E-state index in [1.165, 1.54) is 45.4 Å². The minimum atomic E-state index is 0. The zero-order chi connectivity index (χ0) is 36.5. The van der Waals surface area contributed by atoms with E-state index in [-0.39, 0.29) is 27.7 Å². The van der Waals surface area contributed by atoms with Gasteiger partial charge in [-0.2, -0.15) is 0 Å². The van der Waals surface area contributed by atoms with Gasteiger partial charge in [-0.05, 0) is 90.5 Å². The molecule has 1 atom stereocenters. The normalized spacial score (nSPS) is 11.2. The van der Waals surface area contributed by atoms with Crippen LogP contribution in [0.5, 0.6) is 0 Å². The van der Waals surface area contributed by atoms with Gasteiger partial charge < -0.3 is 0 Å². The molecule has 0 fully saturated rings. The molecule has 1 unspecified atom stereocenters. The van der Waals surface area contributed by atoms with Crippen molar-refractivity contribution in [3.63, 3.8) is 0 Å². The minimum Gasteiger partial charge on any atom is -0.0776 e. The fourth-order valence-electron chi connectivity index (χ4n) is 3.96. The van der Waals surface area contributed by atoms with Crippen molar-refractivity contribution in [2.45, 2.75) is 179 Å². The van der Waals surface area contributed by atoms with Gasteiger partial charge in [0.05, 0.1) is 0 Å². The fraction of sp³-hybridized carbons (Fsp3) is 0.633. The highest BCUT2D eigenvalue weighted by Gasteiger charge is 2.24. The molecule has 3 aromatic carbocycles. The second kappa shape index (κ2) is 26.5. The molecule has 3 rings (SSSR count). The van der Waals surface area contributed by atoms with Crippen LogP contribution in [0.1, 0.15) is 178 Å². The predicted molar refractivity (Wildman–Crippen MR) is 234 cm³/mol. The Morgan fingerprint density at radius 3 is 1.18 bits per heavy atom. The Kier molecular flexibility index (Phi) is 30.3. The van der Waals surface area contributed by atoms with Crippen LogP contribution in [0.2, 0.25) is 0 Å². The maximum atomic E-state index is 2.33. The third-order valence-corrected chi connectivity index (χ3v) is 9.25. The summed E-state index contributed by atoms with van der Waals surface area (Å²) in [7, 11) is 0. The van der Waals surface area contributed by atoms with Crippen LogP contribution in [0.3, 0.4) is 0 Å². The van der Waals surface area contributed by atoms with E-state index in [1.54, 1.807) is 0 Å². The highest BCUT2D eigenvalue weighted by atomic mass is 14.3. The zero-order valence-corrected chi connectivity index (χ0v) is 34.5. The lowest BCUT2D eigenvalue weighted by atomic mass is 9.76. The Labute approximate surface area is 312 Å². The largest absolute Gasteiger partial charge is 0.0776 e. The standard InChI is InChI=1S/C19H24.C8H10.C8H18.C7H16.C4H10.3CH4/c1-13-9-14(2)11-18(10-13)19(5,6)17-8-7-15(3)16(4)12-17;1-2-8-6-4-3-5-7-8;1-6-7(2)8(3,4)5;1-6(2)7(3,4)5;1-4(2)3;;;/h7-12H,1-6H3;3-7H,2H2,1H3;7H,6H2,1-5H3;6H,1-5H3;4H,1-3H3;3*1H4. The van der Waals surface area contributed by atoms with E-state index in [0.717, 1.165) is 24.2 Å². The van der Waals surface area contributed by atoms with Gasteiger partial charge in [-0.25, -0.2) is 0 Å². The van der Waals surface area contributed by atoms with Crippen LogP contribution in [0.4, 0.5) is 0 Å². The molecule has 0 heterocycles. The highest BCUT2D eigenvalue weighted by molar-refractivity contribution is 5.43. The van der Waals surface area contributed by atoms with E-state index >= 15 is 0 Å². The maximum Gasteiger partial charge on any atom is 0.0146 e. The quantitative estimate of drug-likeness (QED) is 0.258. The third-order valence-electron chi connectivity index (χ3n) is 9.25. The smallest absolute Gasteiger partial charge is 0.0146 e. The van der Waals surface area contributed by atoms with Gasteiger partial charge in [0.2, 0.25) is 0 Å². The molecule has 0 aliphatic heterocycles. The fourth-order valence-corrected chi connectivity index (χ4v) is 3.96. The first-order valence-corrected chi connectivity index (χ1v) is 18.1. The van der Waals surface area contributed by atoms with E-state index < -0.39 is 0 Å².